The molecule has 2 rings (SSSR count). The number of hydrogen-bond acceptors (Lipinski definition) is 4. The molecule has 19 heavy (non-hydrogen) atoms. The van der Waals surface area contributed by atoms with Gasteiger partial charge in [0.25, 0.3) is 0 Å². The topological polar surface area (TPSA) is 54.5 Å². The molecule has 1 aromatic rings. The number of thioether (sulfide) groups is 1. The van der Waals surface area contributed by atoms with Gasteiger partial charge >= 0.3 is 0 Å². The number of sulfonamides is 1. The highest BCUT2D eigenvalue weighted by Crippen LogP contribution is 2.39. The smallest absolute Gasteiger partial charge is 0.244 e. The molecule has 1 atom stereocenters. The van der Waals surface area contributed by atoms with E-state index >= 15 is 0 Å². The van der Waals surface area contributed by atoms with E-state index in [4.69, 9.17) is 0 Å². The molecule has 0 N–H and O–H groups in total. The average Bonchev–Trinajstić information content (AvgIpc) is 2.65. The van der Waals surface area contributed by atoms with Crippen LogP contribution in [-0.2, 0) is 14.8 Å². The van der Waals surface area contributed by atoms with E-state index in [9.17, 15) is 13.2 Å². The van der Waals surface area contributed by atoms with Crippen LogP contribution in [0.3, 0.4) is 0 Å². The lowest BCUT2D eigenvalue weighted by Gasteiger charge is -2.31. The first-order chi connectivity index (χ1) is 8.79. The van der Waals surface area contributed by atoms with Crippen molar-refractivity contribution < 1.29 is 13.2 Å². The average molecular weight is 298 g/mol. The van der Waals surface area contributed by atoms with E-state index < -0.39 is 20.9 Å². The van der Waals surface area contributed by atoms with Gasteiger partial charge in [-0.15, -0.1) is 11.8 Å². The number of benzene rings is 1. The Kier molecular flexibility index (Phi) is 3.77. The fourth-order valence-electron chi connectivity index (χ4n) is 2.09. The molecule has 1 aliphatic rings. The summed E-state index contributed by atoms with van der Waals surface area (Å²) in [5.74, 6) is 0.581. The molecule has 0 bridgehead atoms. The van der Waals surface area contributed by atoms with Crippen LogP contribution in [0.15, 0.2) is 29.2 Å². The van der Waals surface area contributed by atoms with Crippen molar-refractivity contribution in [3.05, 3.63) is 29.8 Å². The van der Waals surface area contributed by atoms with Gasteiger partial charge in [0, 0.05) is 11.3 Å². The zero-order valence-electron chi connectivity index (χ0n) is 11.1. The van der Waals surface area contributed by atoms with Gasteiger partial charge in [-0.1, -0.05) is 17.7 Å². The second kappa shape index (κ2) is 4.92. The molecule has 0 spiro atoms. The van der Waals surface area contributed by atoms with Crippen LogP contribution in [0.4, 0.5) is 0 Å². The van der Waals surface area contributed by atoms with E-state index in [0.29, 0.717) is 5.75 Å². The van der Waals surface area contributed by atoms with Crippen LogP contribution in [0.5, 0.6) is 0 Å². The fourth-order valence-corrected chi connectivity index (χ4v) is 5.60. The number of aryl methyl sites for hydroxylation is 1. The second-order valence-corrected chi connectivity index (χ2v) is 8.09. The monoisotopic (exact) mass is 298 g/mol. The molecular formula is C13H16NO3S2. The Morgan fingerprint density at radius 3 is 2.42 bits per heavy atom. The number of nitrogens with zero attached hydrogens (tertiary/aromatic N) is 1. The zero-order chi connectivity index (χ0) is 14.3. The molecule has 1 aliphatic heterocycles. The van der Waals surface area contributed by atoms with Gasteiger partial charge in [-0.25, -0.2) is 8.42 Å². The first-order valence-corrected chi connectivity index (χ1v) is 8.38. The van der Waals surface area contributed by atoms with Crippen molar-refractivity contribution in [3.63, 3.8) is 0 Å². The third kappa shape index (κ3) is 2.57. The predicted molar refractivity (Wildman–Crippen MR) is 76.2 cm³/mol. The van der Waals surface area contributed by atoms with E-state index in [-0.39, 0.29) is 4.90 Å². The summed E-state index contributed by atoms with van der Waals surface area (Å²) in [5.41, 5.74) is 0.406. The minimum absolute atomic E-state index is 0.217. The van der Waals surface area contributed by atoms with Gasteiger partial charge in [0.15, 0.2) is 0 Å². The molecule has 1 radical (unpaired) electrons. The maximum absolute atomic E-state index is 12.7. The molecule has 1 fully saturated rings. The third-order valence-electron chi connectivity index (χ3n) is 3.08. The van der Waals surface area contributed by atoms with Crippen molar-refractivity contribution >= 4 is 28.1 Å². The molecule has 0 aromatic heterocycles. The van der Waals surface area contributed by atoms with Crippen molar-refractivity contribution in [2.75, 3.05) is 5.75 Å². The lowest BCUT2D eigenvalue weighted by Crippen LogP contribution is -2.48. The van der Waals surface area contributed by atoms with Gasteiger partial charge in [0.2, 0.25) is 16.3 Å². The van der Waals surface area contributed by atoms with Crippen LogP contribution < -0.4 is 0 Å². The van der Waals surface area contributed by atoms with Crippen LogP contribution in [0.1, 0.15) is 19.4 Å². The maximum Gasteiger partial charge on any atom is 0.244 e. The largest absolute Gasteiger partial charge is 0.288 e. The van der Waals surface area contributed by atoms with E-state index in [1.54, 1.807) is 24.3 Å². The minimum atomic E-state index is -3.67. The third-order valence-corrected chi connectivity index (χ3v) is 6.80. The van der Waals surface area contributed by atoms with Gasteiger partial charge in [0.1, 0.15) is 5.37 Å². The summed E-state index contributed by atoms with van der Waals surface area (Å²) in [5, 5.41) is -0.763. The summed E-state index contributed by atoms with van der Waals surface area (Å²) in [6, 6.07) is 6.66. The summed E-state index contributed by atoms with van der Waals surface area (Å²) < 4.78 is 26.6. The first-order valence-electron chi connectivity index (χ1n) is 5.89. The summed E-state index contributed by atoms with van der Waals surface area (Å²) in [4.78, 5) is 11.2. The molecule has 0 amide bonds. The van der Waals surface area contributed by atoms with Crippen molar-refractivity contribution in [2.45, 2.75) is 36.6 Å². The Labute approximate surface area is 118 Å². The SMILES string of the molecule is Cc1ccc(S(=O)(=O)N2[C@H]([C]=O)SCC2(C)C)cc1. The molecular weight excluding hydrogens is 282 g/mol. The first kappa shape index (κ1) is 14.6. The Bertz CT molecular complexity index is 578. The molecule has 0 unspecified atom stereocenters. The van der Waals surface area contributed by atoms with Crippen LogP contribution in [-0.4, -0.2) is 35.7 Å². The highest BCUT2D eigenvalue weighted by molar-refractivity contribution is 8.02. The zero-order valence-corrected chi connectivity index (χ0v) is 12.7. The maximum atomic E-state index is 12.7. The fraction of sp³-hybridized carbons (Fsp3) is 0.462. The van der Waals surface area contributed by atoms with Gasteiger partial charge in [-0.05, 0) is 32.9 Å². The highest BCUT2D eigenvalue weighted by Gasteiger charge is 2.48. The summed E-state index contributed by atoms with van der Waals surface area (Å²) in [6.07, 6.45) is 1.82. The molecule has 0 aliphatic carbocycles. The van der Waals surface area contributed by atoms with Gasteiger partial charge in [-0.2, -0.15) is 4.31 Å². The lowest BCUT2D eigenvalue weighted by atomic mass is 10.1. The van der Waals surface area contributed by atoms with E-state index in [1.165, 1.54) is 16.1 Å². The van der Waals surface area contributed by atoms with Crippen molar-refractivity contribution in [1.29, 1.82) is 0 Å². The minimum Gasteiger partial charge on any atom is -0.288 e. The number of rotatable bonds is 3. The lowest BCUT2D eigenvalue weighted by molar-refractivity contribution is 0.283. The number of carbonyl (C=O) groups excluding carboxylic acids is 1. The van der Waals surface area contributed by atoms with E-state index in [1.807, 2.05) is 27.1 Å². The number of hydrogen-bond donors (Lipinski definition) is 0. The second-order valence-electron chi connectivity index (χ2n) is 5.21. The van der Waals surface area contributed by atoms with E-state index in [0.717, 1.165) is 5.56 Å². The Balaban J connectivity index is 2.48. The van der Waals surface area contributed by atoms with Gasteiger partial charge in [0.05, 0.1) is 4.90 Å². The molecule has 4 nitrogen and oxygen atoms in total. The molecule has 6 heteroatoms. The van der Waals surface area contributed by atoms with Gasteiger partial charge < -0.3 is 0 Å². The standard InChI is InChI=1S/C13H16NO3S2/c1-10-4-6-11(7-5-10)19(16,17)14-12(8-15)18-9-13(14,2)3/h4-7,12H,9H2,1-3H3/t12-/m0/s1. The predicted octanol–water partition coefficient (Wildman–Crippen LogP) is 1.95. The van der Waals surface area contributed by atoms with Crippen LogP contribution in [0.25, 0.3) is 0 Å². The molecule has 1 aromatic carbocycles. The highest BCUT2D eigenvalue weighted by atomic mass is 32.2. The molecule has 103 valence electrons. The molecule has 1 saturated heterocycles. The molecule has 0 saturated carbocycles. The van der Waals surface area contributed by atoms with Crippen LogP contribution >= 0.6 is 11.8 Å². The Hall–Kier alpha value is -0.850. The quantitative estimate of drug-likeness (QED) is 0.856. The summed E-state index contributed by atoms with van der Waals surface area (Å²) >= 11 is 1.31. The van der Waals surface area contributed by atoms with Crippen molar-refractivity contribution in [1.82, 2.24) is 4.31 Å². The summed E-state index contributed by atoms with van der Waals surface area (Å²) in [6.45, 7) is 5.54. The van der Waals surface area contributed by atoms with Crippen molar-refractivity contribution in [2.24, 2.45) is 0 Å². The molecule has 1 heterocycles. The normalized spacial score (nSPS) is 23.4. The van der Waals surface area contributed by atoms with Crippen LogP contribution in [0, 0.1) is 6.92 Å². The van der Waals surface area contributed by atoms with Crippen LogP contribution in [0.2, 0.25) is 0 Å². The summed E-state index contributed by atoms with van der Waals surface area (Å²) in [7, 11) is -3.67. The van der Waals surface area contributed by atoms with Crippen molar-refractivity contribution in [3.8, 4) is 0 Å². The Morgan fingerprint density at radius 1 is 1.32 bits per heavy atom. The Morgan fingerprint density at radius 2 is 1.89 bits per heavy atom. The van der Waals surface area contributed by atoms with Gasteiger partial charge in [-0.3, -0.25) is 4.79 Å². The van der Waals surface area contributed by atoms with E-state index in [2.05, 4.69) is 0 Å².